The van der Waals surface area contributed by atoms with E-state index in [0.29, 0.717) is 0 Å². The highest BCUT2D eigenvalue weighted by molar-refractivity contribution is 6.34. The standard InChI is InChI=1S/C12H18O5/c1-4-7-9(8-10(13)16-5-2)11(14)12(15)17-6-3/h4,9H,1,5-8H2,2-3H3. The van der Waals surface area contributed by atoms with Gasteiger partial charge in [-0.05, 0) is 20.3 Å². The van der Waals surface area contributed by atoms with Crippen LogP contribution in [0, 0.1) is 5.92 Å². The van der Waals surface area contributed by atoms with Gasteiger partial charge in [0.1, 0.15) is 0 Å². The van der Waals surface area contributed by atoms with E-state index in [1.54, 1.807) is 13.8 Å². The number of allylic oxidation sites excluding steroid dienone is 1. The van der Waals surface area contributed by atoms with Crippen molar-refractivity contribution >= 4 is 17.7 Å². The molecule has 0 amide bonds. The summed E-state index contributed by atoms with van der Waals surface area (Å²) in [6.07, 6.45) is 1.61. The van der Waals surface area contributed by atoms with Gasteiger partial charge < -0.3 is 9.47 Å². The third-order valence-electron chi connectivity index (χ3n) is 2.02. The molecule has 0 aromatic rings. The maximum absolute atomic E-state index is 11.6. The van der Waals surface area contributed by atoms with Crippen LogP contribution in [0.25, 0.3) is 0 Å². The molecular formula is C12H18O5. The van der Waals surface area contributed by atoms with Crippen molar-refractivity contribution in [2.75, 3.05) is 13.2 Å². The Balaban J connectivity index is 4.50. The first kappa shape index (κ1) is 15.3. The lowest BCUT2D eigenvalue weighted by atomic mass is 9.96. The molecular weight excluding hydrogens is 224 g/mol. The van der Waals surface area contributed by atoms with E-state index in [1.807, 2.05) is 0 Å². The molecule has 5 nitrogen and oxygen atoms in total. The molecule has 0 saturated carbocycles. The van der Waals surface area contributed by atoms with E-state index < -0.39 is 23.6 Å². The lowest BCUT2D eigenvalue weighted by Gasteiger charge is -2.11. The minimum Gasteiger partial charge on any atom is -0.466 e. The van der Waals surface area contributed by atoms with Crippen molar-refractivity contribution in [3.8, 4) is 0 Å². The normalized spacial score (nSPS) is 11.4. The van der Waals surface area contributed by atoms with Crippen LogP contribution in [0.15, 0.2) is 12.7 Å². The summed E-state index contributed by atoms with van der Waals surface area (Å²) in [4.78, 5) is 34.1. The minimum atomic E-state index is -0.913. The Hall–Kier alpha value is -1.65. The second-order valence-electron chi connectivity index (χ2n) is 3.32. The maximum atomic E-state index is 11.6. The van der Waals surface area contributed by atoms with Gasteiger partial charge in [-0.3, -0.25) is 9.59 Å². The predicted octanol–water partition coefficient (Wildman–Crippen LogP) is 1.26. The third kappa shape index (κ3) is 5.85. The second kappa shape index (κ2) is 8.50. The van der Waals surface area contributed by atoms with E-state index in [1.165, 1.54) is 6.08 Å². The number of carbonyl (C=O) groups excluding carboxylic acids is 3. The summed E-state index contributed by atoms with van der Waals surface area (Å²) in [6.45, 7) is 7.14. The average molecular weight is 242 g/mol. The molecule has 0 rings (SSSR count). The van der Waals surface area contributed by atoms with Crippen molar-refractivity contribution in [2.45, 2.75) is 26.7 Å². The molecule has 0 radical (unpaired) electrons. The van der Waals surface area contributed by atoms with E-state index >= 15 is 0 Å². The summed E-state index contributed by atoms with van der Waals surface area (Å²) in [5.41, 5.74) is 0. The summed E-state index contributed by atoms with van der Waals surface area (Å²) in [7, 11) is 0. The van der Waals surface area contributed by atoms with Crippen molar-refractivity contribution in [2.24, 2.45) is 5.92 Å². The maximum Gasteiger partial charge on any atom is 0.374 e. The van der Waals surface area contributed by atoms with Crippen molar-refractivity contribution < 1.29 is 23.9 Å². The quantitative estimate of drug-likeness (QED) is 0.364. The van der Waals surface area contributed by atoms with Crippen molar-refractivity contribution in [3.05, 3.63) is 12.7 Å². The molecule has 1 unspecified atom stereocenters. The average Bonchev–Trinajstić information content (AvgIpc) is 2.28. The van der Waals surface area contributed by atoms with Crippen LogP contribution in [-0.2, 0) is 23.9 Å². The topological polar surface area (TPSA) is 69.7 Å². The molecule has 0 saturated heterocycles. The number of hydrogen-bond donors (Lipinski definition) is 0. The third-order valence-corrected chi connectivity index (χ3v) is 2.02. The number of carbonyl (C=O) groups is 3. The number of ketones is 1. The van der Waals surface area contributed by atoms with Crippen LogP contribution in [-0.4, -0.2) is 30.9 Å². The lowest BCUT2D eigenvalue weighted by molar-refractivity contribution is -0.156. The fourth-order valence-corrected chi connectivity index (χ4v) is 1.27. The highest BCUT2D eigenvalue weighted by atomic mass is 16.5. The summed E-state index contributed by atoms with van der Waals surface area (Å²) < 4.78 is 9.33. The summed E-state index contributed by atoms with van der Waals surface area (Å²) >= 11 is 0. The van der Waals surface area contributed by atoms with Crippen LogP contribution in [0.3, 0.4) is 0 Å². The first-order valence-corrected chi connectivity index (χ1v) is 5.54. The molecule has 0 fully saturated rings. The molecule has 0 bridgehead atoms. The van der Waals surface area contributed by atoms with Gasteiger partial charge in [0.25, 0.3) is 0 Å². The number of rotatable bonds is 8. The van der Waals surface area contributed by atoms with E-state index in [4.69, 9.17) is 4.74 Å². The molecule has 0 aliphatic carbocycles. The van der Waals surface area contributed by atoms with Gasteiger partial charge in [-0.1, -0.05) is 6.08 Å². The van der Waals surface area contributed by atoms with Gasteiger partial charge in [0, 0.05) is 5.92 Å². The molecule has 0 aliphatic heterocycles. The second-order valence-corrected chi connectivity index (χ2v) is 3.32. The molecule has 0 aromatic heterocycles. The van der Waals surface area contributed by atoms with Crippen LogP contribution in [0.4, 0.5) is 0 Å². The Morgan fingerprint density at radius 3 is 2.24 bits per heavy atom. The fourth-order valence-electron chi connectivity index (χ4n) is 1.27. The van der Waals surface area contributed by atoms with Gasteiger partial charge in [0.2, 0.25) is 5.78 Å². The SMILES string of the molecule is C=CCC(CC(=O)OCC)C(=O)C(=O)OCC. The first-order chi connectivity index (χ1) is 8.06. The predicted molar refractivity (Wildman–Crippen MR) is 61.2 cm³/mol. The van der Waals surface area contributed by atoms with Gasteiger partial charge in [-0.2, -0.15) is 0 Å². The Morgan fingerprint density at radius 2 is 1.76 bits per heavy atom. The highest BCUT2D eigenvalue weighted by Gasteiger charge is 2.28. The van der Waals surface area contributed by atoms with E-state index in [9.17, 15) is 14.4 Å². The molecule has 0 heterocycles. The van der Waals surface area contributed by atoms with Crippen LogP contribution in [0.5, 0.6) is 0 Å². The molecule has 96 valence electrons. The fraction of sp³-hybridized carbons (Fsp3) is 0.583. The molecule has 1 atom stereocenters. The number of esters is 2. The molecule has 0 N–H and O–H groups in total. The van der Waals surface area contributed by atoms with E-state index in [-0.39, 0.29) is 26.1 Å². The molecule has 0 aromatic carbocycles. The van der Waals surface area contributed by atoms with Crippen LogP contribution >= 0.6 is 0 Å². The van der Waals surface area contributed by atoms with Crippen molar-refractivity contribution in [1.82, 2.24) is 0 Å². The lowest BCUT2D eigenvalue weighted by Crippen LogP contribution is -2.28. The number of hydrogen-bond acceptors (Lipinski definition) is 5. The zero-order valence-corrected chi connectivity index (χ0v) is 10.2. The summed E-state index contributed by atoms with van der Waals surface area (Å²) in [5, 5.41) is 0. The van der Waals surface area contributed by atoms with Gasteiger partial charge in [-0.25, -0.2) is 4.79 Å². The van der Waals surface area contributed by atoms with Crippen molar-refractivity contribution in [3.63, 3.8) is 0 Å². The highest BCUT2D eigenvalue weighted by Crippen LogP contribution is 2.13. The van der Waals surface area contributed by atoms with Crippen molar-refractivity contribution in [1.29, 1.82) is 0 Å². The summed E-state index contributed by atoms with van der Waals surface area (Å²) in [5.74, 6) is -2.87. The van der Waals surface area contributed by atoms with Crippen LogP contribution in [0.2, 0.25) is 0 Å². The van der Waals surface area contributed by atoms with Gasteiger partial charge >= 0.3 is 11.9 Å². The van der Waals surface area contributed by atoms with E-state index in [0.717, 1.165) is 0 Å². The van der Waals surface area contributed by atoms with Gasteiger partial charge in [0.15, 0.2) is 0 Å². The zero-order valence-electron chi connectivity index (χ0n) is 10.2. The van der Waals surface area contributed by atoms with Crippen LogP contribution < -0.4 is 0 Å². The Kier molecular flexibility index (Phi) is 7.67. The summed E-state index contributed by atoms with van der Waals surface area (Å²) in [6, 6.07) is 0. The molecule has 17 heavy (non-hydrogen) atoms. The minimum absolute atomic E-state index is 0.127. The Labute approximate surface area is 101 Å². The number of Topliss-reactive ketones (excluding diaryl/α,β-unsaturated/α-hetero) is 1. The first-order valence-electron chi connectivity index (χ1n) is 5.54. The zero-order chi connectivity index (χ0) is 13.3. The Bertz CT molecular complexity index is 295. The van der Waals surface area contributed by atoms with Gasteiger partial charge in [0.05, 0.1) is 19.6 Å². The smallest absolute Gasteiger partial charge is 0.374 e. The largest absolute Gasteiger partial charge is 0.466 e. The van der Waals surface area contributed by atoms with Crippen LogP contribution in [0.1, 0.15) is 26.7 Å². The molecule has 0 aliphatic rings. The number of ether oxygens (including phenoxy) is 2. The van der Waals surface area contributed by atoms with Gasteiger partial charge in [-0.15, -0.1) is 6.58 Å². The monoisotopic (exact) mass is 242 g/mol. The Morgan fingerprint density at radius 1 is 1.18 bits per heavy atom. The van der Waals surface area contributed by atoms with E-state index in [2.05, 4.69) is 11.3 Å². The molecule has 5 heteroatoms. The molecule has 0 spiro atoms.